The molecule has 0 saturated heterocycles. The third-order valence-electron chi connectivity index (χ3n) is 4.28. The van der Waals surface area contributed by atoms with E-state index in [2.05, 4.69) is 15.5 Å². The van der Waals surface area contributed by atoms with Crippen molar-refractivity contribution in [2.45, 2.75) is 18.8 Å². The highest BCUT2D eigenvalue weighted by molar-refractivity contribution is 6.06. The molecule has 2 aromatic carbocycles. The van der Waals surface area contributed by atoms with Gasteiger partial charge in [-0.2, -0.15) is 5.10 Å². The van der Waals surface area contributed by atoms with Gasteiger partial charge >= 0.3 is 0 Å². The second kappa shape index (κ2) is 6.36. The predicted molar refractivity (Wildman–Crippen MR) is 96.9 cm³/mol. The lowest BCUT2D eigenvalue weighted by Crippen LogP contribution is -2.18. The Balaban J connectivity index is 1.62. The SMILES string of the molecule is O=C(NN=Cc1ccccc1O)c1cc(C2CC2)nc2ccccc12. The van der Waals surface area contributed by atoms with Crippen LogP contribution >= 0.6 is 0 Å². The van der Waals surface area contributed by atoms with Gasteiger partial charge in [0.1, 0.15) is 5.75 Å². The Hall–Kier alpha value is -3.21. The van der Waals surface area contributed by atoms with Gasteiger partial charge in [0.2, 0.25) is 0 Å². The molecule has 1 aliphatic carbocycles. The third kappa shape index (κ3) is 3.21. The van der Waals surface area contributed by atoms with E-state index in [1.165, 1.54) is 6.21 Å². The van der Waals surface area contributed by atoms with Crippen LogP contribution in [0.5, 0.6) is 5.75 Å². The number of carbonyl (C=O) groups is 1. The third-order valence-corrected chi connectivity index (χ3v) is 4.28. The topological polar surface area (TPSA) is 74.6 Å². The first-order valence-corrected chi connectivity index (χ1v) is 8.23. The van der Waals surface area contributed by atoms with Crippen LogP contribution in [0.1, 0.15) is 40.4 Å². The largest absolute Gasteiger partial charge is 0.507 e. The molecule has 4 rings (SSSR count). The molecule has 0 atom stereocenters. The fourth-order valence-corrected chi connectivity index (χ4v) is 2.79. The van der Waals surface area contributed by atoms with Gasteiger partial charge in [0, 0.05) is 22.6 Å². The van der Waals surface area contributed by atoms with Crippen LogP contribution in [0.3, 0.4) is 0 Å². The van der Waals surface area contributed by atoms with E-state index in [-0.39, 0.29) is 11.7 Å². The van der Waals surface area contributed by atoms with E-state index in [9.17, 15) is 9.90 Å². The molecular weight excluding hydrogens is 314 g/mol. The smallest absolute Gasteiger partial charge is 0.272 e. The molecule has 1 fully saturated rings. The molecule has 0 unspecified atom stereocenters. The number of amides is 1. The van der Waals surface area contributed by atoms with Crippen molar-refractivity contribution in [3.63, 3.8) is 0 Å². The zero-order valence-corrected chi connectivity index (χ0v) is 13.5. The summed E-state index contributed by atoms with van der Waals surface area (Å²) in [7, 11) is 0. The number of fused-ring (bicyclic) bond motifs is 1. The number of hydrogen-bond donors (Lipinski definition) is 2. The van der Waals surface area contributed by atoms with Crippen LogP contribution in [-0.4, -0.2) is 22.2 Å². The summed E-state index contributed by atoms with van der Waals surface area (Å²) in [6.07, 6.45) is 3.67. The summed E-state index contributed by atoms with van der Waals surface area (Å²) in [5, 5.41) is 14.5. The van der Waals surface area contributed by atoms with E-state index in [0.29, 0.717) is 17.0 Å². The fraction of sp³-hybridized carbons (Fsp3) is 0.150. The number of aromatic nitrogens is 1. The van der Waals surface area contributed by atoms with Crippen molar-refractivity contribution in [3.05, 3.63) is 71.4 Å². The number of hydrazone groups is 1. The maximum Gasteiger partial charge on any atom is 0.272 e. The van der Waals surface area contributed by atoms with Crippen LogP contribution in [-0.2, 0) is 0 Å². The highest BCUT2D eigenvalue weighted by Gasteiger charge is 2.26. The first kappa shape index (κ1) is 15.3. The van der Waals surface area contributed by atoms with Crippen molar-refractivity contribution in [2.24, 2.45) is 5.10 Å². The average Bonchev–Trinajstić information content (AvgIpc) is 3.47. The van der Waals surface area contributed by atoms with Crippen LogP contribution in [0.4, 0.5) is 0 Å². The summed E-state index contributed by atoms with van der Waals surface area (Å²) in [4.78, 5) is 17.3. The maximum atomic E-state index is 12.6. The van der Waals surface area contributed by atoms with Crippen LogP contribution in [0.2, 0.25) is 0 Å². The molecule has 0 bridgehead atoms. The number of nitrogens with zero attached hydrogens (tertiary/aromatic N) is 2. The van der Waals surface area contributed by atoms with Crippen LogP contribution in [0.25, 0.3) is 10.9 Å². The molecule has 1 aromatic heterocycles. The summed E-state index contributed by atoms with van der Waals surface area (Å²) in [6.45, 7) is 0. The number of phenolic OH excluding ortho intramolecular Hbond substituents is 1. The molecule has 5 heteroatoms. The molecule has 25 heavy (non-hydrogen) atoms. The first-order chi connectivity index (χ1) is 12.2. The summed E-state index contributed by atoms with van der Waals surface area (Å²) in [6, 6.07) is 16.3. The van der Waals surface area contributed by atoms with E-state index in [1.807, 2.05) is 30.3 Å². The normalized spacial score (nSPS) is 14.1. The molecule has 2 N–H and O–H groups in total. The lowest BCUT2D eigenvalue weighted by molar-refractivity contribution is 0.0956. The van der Waals surface area contributed by atoms with Crippen molar-refractivity contribution >= 4 is 23.0 Å². The number of hydrogen-bond acceptors (Lipinski definition) is 4. The van der Waals surface area contributed by atoms with Gasteiger partial charge in [-0.25, -0.2) is 5.43 Å². The van der Waals surface area contributed by atoms with E-state index in [1.54, 1.807) is 24.3 Å². The Morgan fingerprint density at radius 2 is 1.92 bits per heavy atom. The van der Waals surface area contributed by atoms with Crippen molar-refractivity contribution < 1.29 is 9.90 Å². The minimum Gasteiger partial charge on any atom is -0.507 e. The second-order valence-corrected chi connectivity index (χ2v) is 6.14. The van der Waals surface area contributed by atoms with Gasteiger partial charge in [-0.15, -0.1) is 0 Å². The van der Waals surface area contributed by atoms with E-state index in [4.69, 9.17) is 0 Å². The van der Waals surface area contributed by atoms with E-state index < -0.39 is 0 Å². The molecule has 0 radical (unpaired) electrons. The number of nitrogens with one attached hydrogen (secondary N) is 1. The summed E-state index contributed by atoms with van der Waals surface area (Å²) >= 11 is 0. The minimum absolute atomic E-state index is 0.117. The molecule has 1 saturated carbocycles. The number of rotatable bonds is 4. The van der Waals surface area contributed by atoms with Gasteiger partial charge in [-0.05, 0) is 37.1 Å². The summed E-state index contributed by atoms with van der Waals surface area (Å²) in [5.74, 6) is 0.291. The minimum atomic E-state index is -0.285. The Labute approximate surface area is 145 Å². The molecule has 3 aromatic rings. The number of aromatic hydroxyl groups is 1. The van der Waals surface area contributed by atoms with Gasteiger partial charge < -0.3 is 5.11 Å². The predicted octanol–water partition coefficient (Wildman–Crippen LogP) is 3.58. The molecular formula is C20H17N3O2. The molecule has 1 amide bonds. The van der Waals surface area contributed by atoms with Crippen molar-refractivity contribution in [3.8, 4) is 5.75 Å². The number of para-hydroxylation sites is 2. The fourth-order valence-electron chi connectivity index (χ4n) is 2.79. The van der Waals surface area contributed by atoms with Crippen molar-refractivity contribution in [1.29, 1.82) is 0 Å². The average molecular weight is 331 g/mol. The number of phenols is 1. The zero-order chi connectivity index (χ0) is 17.2. The van der Waals surface area contributed by atoms with Crippen LogP contribution in [0, 0.1) is 0 Å². The number of pyridine rings is 1. The molecule has 1 heterocycles. The Morgan fingerprint density at radius 1 is 1.16 bits per heavy atom. The number of benzene rings is 2. The molecule has 124 valence electrons. The van der Waals surface area contributed by atoms with Gasteiger partial charge in [0.25, 0.3) is 5.91 Å². The van der Waals surface area contributed by atoms with E-state index in [0.717, 1.165) is 29.4 Å². The van der Waals surface area contributed by atoms with Gasteiger partial charge in [-0.3, -0.25) is 9.78 Å². The lowest BCUT2D eigenvalue weighted by Gasteiger charge is -2.08. The highest BCUT2D eigenvalue weighted by atomic mass is 16.3. The monoisotopic (exact) mass is 331 g/mol. The maximum absolute atomic E-state index is 12.6. The quantitative estimate of drug-likeness (QED) is 0.567. The zero-order valence-electron chi connectivity index (χ0n) is 13.5. The molecule has 5 nitrogen and oxygen atoms in total. The molecule has 0 aliphatic heterocycles. The van der Waals surface area contributed by atoms with Crippen molar-refractivity contribution in [1.82, 2.24) is 10.4 Å². The first-order valence-electron chi connectivity index (χ1n) is 8.23. The second-order valence-electron chi connectivity index (χ2n) is 6.14. The number of carbonyl (C=O) groups excluding carboxylic acids is 1. The Kier molecular flexibility index (Phi) is 3.90. The Morgan fingerprint density at radius 3 is 2.72 bits per heavy atom. The summed E-state index contributed by atoms with van der Waals surface area (Å²) in [5.41, 5.74) is 5.45. The van der Waals surface area contributed by atoms with Gasteiger partial charge in [-0.1, -0.05) is 30.3 Å². The van der Waals surface area contributed by atoms with Gasteiger partial charge in [0.05, 0.1) is 17.3 Å². The van der Waals surface area contributed by atoms with Gasteiger partial charge in [0.15, 0.2) is 0 Å². The molecule has 1 aliphatic rings. The van der Waals surface area contributed by atoms with Crippen LogP contribution in [0.15, 0.2) is 59.7 Å². The summed E-state index contributed by atoms with van der Waals surface area (Å²) < 4.78 is 0. The Bertz CT molecular complexity index is 978. The van der Waals surface area contributed by atoms with Crippen LogP contribution < -0.4 is 5.43 Å². The highest BCUT2D eigenvalue weighted by Crippen LogP contribution is 2.40. The van der Waals surface area contributed by atoms with E-state index >= 15 is 0 Å². The molecule has 0 spiro atoms. The standard InChI is InChI=1S/C20H17N3O2/c24-19-8-4-1-5-14(19)12-21-23-20(25)16-11-18(13-9-10-13)22-17-7-3-2-6-15(16)17/h1-8,11-13,24H,9-10H2,(H,23,25). The lowest BCUT2D eigenvalue weighted by atomic mass is 10.1. The van der Waals surface area contributed by atoms with Crippen molar-refractivity contribution in [2.75, 3.05) is 0 Å².